The molecule has 1 amide bonds. The van der Waals surface area contributed by atoms with Crippen molar-refractivity contribution in [1.29, 1.82) is 0 Å². The number of nitrogens with zero attached hydrogens (tertiary/aromatic N) is 2. The Morgan fingerprint density at radius 1 is 0.852 bits per heavy atom. The summed E-state index contributed by atoms with van der Waals surface area (Å²) in [6.07, 6.45) is 0. The molecule has 27 heavy (non-hydrogen) atoms. The largest absolute Gasteiger partial charge is 0.339 e. The fourth-order valence-corrected chi connectivity index (χ4v) is 3.78. The van der Waals surface area contributed by atoms with Crippen LogP contribution < -0.4 is 4.90 Å². The number of rotatable bonds is 3. The van der Waals surface area contributed by atoms with Crippen LogP contribution in [0.3, 0.4) is 0 Å². The van der Waals surface area contributed by atoms with Gasteiger partial charge in [-0.15, -0.1) is 0 Å². The molecule has 3 heteroatoms. The van der Waals surface area contributed by atoms with Crippen molar-refractivity contribution in [1.82, 2.24) is 4.57 Å². The van der Waals surface area contributed by atoms with E-state index in [0.29, 0.717) is 0 Å². The van der Waals surface area contributed by atoms with Crippen molar-refractivity contribution in [3.63, 3.8) is 0 Å². The molecule has 0 saturated heterocycles. The fourth-order valence-electron chi connectivity index (χ4n) is 3.78. The number of hydrogen-bond acceptors (Lipinski definition) is 1. The Bertz CT molecular complexity index is 1090. The monoisotopic (exact) mass is 354 g/mol. The van der Waals surface area contributed by atoms with Crippen LogP contribution in [0.1, 0.15) is 16.1 Å². The highest BCUT2D eigenvalue weighted by atomic mass is 16.2. The van der Waals surface area contributed by atoms with Crippen molar-refractivity contribution in [3.05, 3.63) is 90.1 Å². The van der Waals surface area contributed by atoms with E-state index in [4.69, 9.17) is 0 Å². The lowest BCUT2D eigenvalue weighted by Crippen LogP contribution is -2.29. The fraction of sp³-hybridized carbons (Fsp3) is 0.125. The SMILES string of the molecule is Cc1c(C(=O)N(C)c2ccccc2-c2ccccc2)n(C)c2ccccc12. The summed E-state index contributed by atoms with van der Waals surface area (Å²) >= 11 is 0. The summed E-state index contributed by atoms with van der Waals surface area (Å²) in [6.45, 7) is 2.02. The van der Waals surface area contributed by atoms with Crippen molar-refractivity contribution < 1.29 is 4.79 Å². The molecule has 0 aliphatic rings. The van der Waals surface area contributed by atoms with E-state index >= 15 is 0 Å². The van der Waals surface area contributed by atoms with Gasteiger partial charge in [0.05, 0.1) is 5.69 Å². The molecule has 0 N–H and O–H groups in total. The molecule has 0 aliphatic heterocycles. The molecular formula is C24H22N2O. The standard InChI is InChI=1S/C24H22N2O/c1-17-19-13-7-9-15-21(19)25(2)23(17)24(27)26(3)22-16-10-8-14-20(22)18-11-5-4-6-12-18/h4-16H,1-3H3. The van der Waals surface area contributed by atoms with E-state index < -0.39 is 0 Å². The summed E-state index contributed by atoms with van der Waals surface area (Å²) in [7, 11) is 3.81. The summed E-state index contributed by atoms with van der Waals surface area (Å²) in [4.78, 5) is 15.2. The minimum atomic E-state index is -0.00502. The number of fused-ring (bicyclic) bond motifs is 1. The molecule has 0 fully saturated rings. The number of aryl methyl sites for hydroxylation is 2. The molecule has 0 radical (unpaired) electrons. The number of hydrogen-bond donors (Lipinski definition) is 0. The molecule has 3 nitrogen and oxygen atoms in total. The molecule has 0 spiro atoms. The molecule has 0 atom stereocenters. The highest BCUT2D eigenvalue weighted by Gasteiger charge is 2.23. The summed E-state index contributed by atoms with van der Waals surface area (Å²) in [6, 6.07) is 26.3. The third-order valence-electron chi connectivity index (χ3n) is 5.22. The number of benzene rings is 3. The maximum absolute atomic E-state index is 13.4. The Labute approximate surface area is 159 Å². The Morgan fingerprint density at radius 3 is 2.22 bits per heavy atom. The van der Waals surface area contributed by atoms with Crippen molar-refractivity contribution in [3.8, 4) is 11.1 Å². The molecule has 4 rings (SSSR count). The van der Waals surface area contributed by atoms with Gasteiger partial charge in [0.2, 0.25) is 0 Å². The molecule has 0 unspecified atom stereocenters. The van der Waals surface area contributed by atoms with Crippen molar-refractivity contribution in [2.45, 2.75) is 6.92 Å². The first kappa shape index (κ1) is 17.1. The molecule has 1 aromatic heterocycles. The minimum Gasteiger partial charge on any atom is -0.339 e. The van der Waals surface area contributed by atoms with E-state index in [-0.39, 0.29) is 5.91 Å². The molecule has 134 valence electrons. The van der Waals surface area contributed by atoms with Gasteiger partial charge in [0, 0.05) is 30.6 Å². The zero-order valence-corrected chi connectivity index (χ0v) is 15.8. The molecule has 0 bridgehead atoms. The van der Waals surface area contributed by atoms with Gasteiger partial charge in [-0.1, -0.05) is 66.7 Å². The van der Waals surface area contributed by atoms with Gasteiger partial charge >= 0.3 is 0 Å². The number of carbonyl (C=O) groups excluding carboxylic acids is 1. The minimum absolute atomic E-state index is 0.00502. The highest BCUT2D eigenvalue weighted by Crippen LogP contribution is 2.32. The molecule has 0 aliphatic carbocycles. The number of amides is 1. The molecule has 4 aromatic rings. The van der Waals surface area contributed by atoms with Gasteiger partial charge in [0.1, 0.15) is 5.69 Å². The second kappa shape index (κ2) is 6.76. The van der Waals surface area contributed by atoms with Gasteiger partial charge in [-0.3, -0.25) is 4.79 Å². The van der Waals surface area contributed by atoms with E-state index in [1.54, 1.807) is 4.90 Å². The quantitative estimate of drug-likeness (QED) is 0.481. The summed E-state index contributed by atoms with van der Waals surface area (Å²) < 4.78 is 1.99. The lowest BCUT2D eigenvalue weighted by Gasteiger charge is -2.22. The van der Waals surface area contributed by atoms with Crippen LogP contribution >= 0.6 is 0 Å². The topological polar surface area (TPSA) is 25.2 Å². The van der Waals surface area contributed by atoms with Gasteiger partial charge in [-0.2, -0.15) is 0 Å². The average molecular weight is 354 g/mol. The van der Waals surface area contributed by atoms with Crippen molar-refractivity contribution in [2.24, 2.45) is 7.05 Å². The molecule has 3 aromatic carbocycles. The maximum atomic E-state index is 13.4. The van der Waals surface area contributed by atoms with Crippen molar-refractivity contribution in [2.75, 3.05) is 11.9 Å². The van der Waals surface area contributed by atoms with Crippen LogP contribution in [0.25, 0.3) is 22.0 Å². The Kier molecular flexibility index (Phi) is 4.28. The van der Waals surface area contributed by atoms with Gasteiger partial charge in [-0.05, 0) is 30.2 Å². The van der Waals surface area contributed by atoms with Crippen LogP contribution in [0, 0.1) is 6.92 Å². The summed E-state index contributed by atoms with van der Waals surface area (Å²) in [5.41, 5.74) is 5.86. The first-order valence-electron chi connectivity index (χ1n) is 9.06. The second-order valence-electron chi connectivity index (χ2n) is 6.80. The van der Waals surface area contributed by atoms with E-state index in [9.17, 15) is 4.79 Å². The van der Waals surface area contributed by atoms with Crippen LogP contribution in [0.15, 0.2) is 78.9 Å². The highest BCUT2D eigenvalue weighted by molar-refractivity contribution is 6.10. The van der Waals surface area contributed by atoms with E-state index in [2.05, 4.69) is 30.3 Å². The normalized spacial score (nSPS) is 10.9. The lowest BCUT2D eigenvalue weighted by atomic mass is 10.0. The predicted octanol–water partition coefficient (Wildman–Crippen LogP) is 5.43. The lowest BCUT2D eigenvalue weighted by molar-refractivity contribution is 0.0985. The van der Waals surface area contributed by atoms with E-state index in [1.165, 1.54) is 0 Å². The summed E-state index contributed by atoms with van der Waals surface area (Å²) in [5, 5.41) is 1.12. The third kappa shape index (κ3) is 2.81. The average Bonchev–Trinajstić information content (AvgIpc) is 2.98. The molecule has 1 heterocycles. The van der Waals surface area contributed by atoms with Crippen LogP contribution in [0.2, 0.25) is 0 Å². The smallest absolute Gasteiger partial charge is 0.274 e. The van der Waals surface area contributed by atoms with Crippen molar-refractivity contribution >= 4 is 22.5 Å². The first-order chi connectivity index (χ1) is 13.1. The first-order valence-corrected chi connectivity index (χ1v) is 9.06. The van der Waals surface area contributed by atoms with E-state index in [0.717, 1.165) is 39.0 Å². The predicted molar refractivity (Wildman–Crippen MR) is 112 cm³/mol. The van der Waals surface area contributed by atoms with Gasteiger partial charge in [-0.25, -0.2) is 0 Å². The Balaban J connectivity index is 1.81. The van der Waals surface area contributed by atoms with Crippen LogP contribution in [0.5, 0.6) is 0 Å². The molecular weight excluding hydrogens is 332 g/mol. The zero-order chi connectivity index (χ0) is 19.0. The Hall–Kier alpha value is -3.33. The second-order valence-corrected chi connectivity index (χ2v) is 6.80. The van der Waals surface area contributed by atoms with Gasteiger partial charge < -0.3 is 9.47 Å². The zero-order valence-electron chi connectivity index (χ0n) is 15.8. The number of anilines is 1. The molecule has 0 saturated carbocycles. The number of para-hydroxylation sites is 2. The van der Waals surface area contributed by atoms with Crippen LogP contribution in [-0.4, -0.2) is 17.5 Å². The maximum Gasteiger partial charge on any atom is 0.274 e. The Morgan fingerprint density at radius 2 is 1.48 bits per heavy atom. The third-order valence-corrected chi connectivity index (χ3v) is 5.22. The number of carbonyl (C=O) groups is 1. The van der Waals surface area contributed by atoms with Crippen LogP contribution in [0.4, 0.5) is 5.69 Å². The van der Waals surface area contributed by atoms with Crippen LogP contribution in [-0.2, 0) is 7.05 Å². The summed E-state index contributed by atoms with van der Waals surface area (Å²) in [5.74, 6) is -0.00502. The van der Waals surface area contributed by atoms with Gasteiger partial charge in [0.25, 0.3) is 5.91 Å². The van der Waals surface area contributed by atoms with E-state index in [1.807, 2.05) is 74.1 Å². The number of aromatic nitrogens is 1. The van der Waals surface area contributed by atoms with Gasteiger partial charge in [0.15, 0.2) is 0 Å².